The molecule has 2 nitrogen and oxygen atoms in total. The Morgan fingerprint density at radius 2 is 2.06 bits per heavy atom. The van der Waals surface area contributed by atoms with Gasteiger partial charge in [0, 0.05) is 13.5 Å². The molecule has 98 valence electrons. The maximum atomic E-state index is 12.9. The first kappa shape index (κ1) is 14.2. The fraction of sp³-hybridized carbons (Fsp3) is 0.250. The molecule has 1 rings (SSSR count). The van der Waals surface area contributed by atoms with Crippen LogP contribution in [0.4, 0.5) is 17.6 Å². The van der Waals surface area contributed by atoms with Gasteiger partial charge in [0.05, 0.1) is 5.56 Å². The minimum Gasteiger partial charge on any atom is -0.353 e. The fourth-order valence-corrected chi connectivity index (χ4v) is 1.32. The molecule has 0 fully saturated rings. The predicted octanol–water partition coefficient (Wildman–Crippen LogP) is 2.99. The second kappa shape index (κ2) is 5.66. The van der Waals surface area contributed by atoms with Gasteiger partial charge in [-0.3, -0.25) is 4.79 Å². The standard InChI is InChI=1S/C12H11F4NO/c1-8(18)17-6-2-3-9-7-10(13)4-5-11(9)12(14,15)16/h2-5,7H,6H2,1H3,(H,17,18). The first-order valence-corrected chi connectivity index (χ1v) is 5.08. The number of benzene rings is 1. The summed E-state index contributed by atoms with van der Waals surface area (Å²) < 4.78 is 50.7. The minimum absolute atomic E-state index is 0.0865. The van der Waals surface area contributed by atoms with Crippen LogP contribution in [0.3, 0.4) is 0 Å². The van der Waals surface area contributed by atoms with Crippen LogP contribution in [0.2, 0.25) is 0 Å². The van der Waals surface area contributed by atoms with Gasteiger partial charge in [-0.1, -0.05) is 12.2 Å². The van der Waals surface area contributed by atoms with Crippen LogP contribution in [0.5, 0.6) is 0 Å². The number of alkyl halides is 3. The molecule has 6 heteroatoms. The van der Waals surface area contributed by atoms with Gasteiger partial charge in [0.1, 0.15) is 5.82 Å². The van der Waals surface area contributed by atoms with E-state index in [1.807, 2.05) is 0 Å². The van der Waals surface area contributed by atoms with Crippen molar-refractivity contribution in [3.8, 4) is 0 Å². The number of hydrogen-bond donors (Lipinski definition) is 1. The van der Waals surface area contributed by atoms with Gasteiger partial charge in [0.2, 0.25) is 5.91 Å². The molecule has 0 saturated heterocycles. The summed E-state index contributed by atoms with van der Waals surface area (Å²) in [6.45, 7) is 1.38. The largest absolute Gasteiger partial charge is 0.416 e. The second-order valence-electron chi connectivity index (χ2n) is 3.57. The molecule has 0 bridgehead atoms. The molecule has 1 N–H and O–H groups in total. The van der Waals surface area contributed by atoms with Crippen molar-refractivity contribution in [3.05, 3.63) is 41.2 Å². The van der Waals surface area contributed by atoms with Crippen LogP contribution in [0.25, 0.3) is 6.08 Å². The average molecular weight is 261 g/mol. The third kappa shape index (κ3) is 4.20. The van der Waals surface area contributed by atoms with Gasteiger partial charge in [-0.05, 0) is 23.8 Å². The summed E-state index contributed by atoms with van der Waals surface area (Å²) in [6, 6.07) is 2.24. The Morgan fingerprint density at radius 3 is 2.61 bits per heavy atom. The van der Waals surface area contributed by atoms with E-state index in [1.54, 1.807) is 0 Å². The number of halogens is 4. The highest BCUT2D eigenvalue weighted by atomic mass is 19.4. The molecule has 0 aliphatic carbocycles. The van der Waals surface area contributed by atoms with Crippen LogP contribution in [-0.4, -0.2) is 12.5 Å². The monoisotopic (exact) mass is 261 g/mol. The molecule has 0 atom stereocenters. The van der Waals surface area contributed by atoms with E-state index in [0.717, 1.165) is 18.2 Å². The summed E-state index contributed by atoms with van der Waals surface area (Å²) in [7, 11) is 0. The molecule has 0 aromatic heterocycles. The van der Waals surface area contributed by atoms with Gasteiger partial charge in [0.15, 0.2) is 0 Å². The van der Waals surface area contributed by atoms with Gasteiger partial charge in [-0.2, -0.15) is 13.2 Å². The Labute approximate surface area is 101 Å². The number of rotatable bonds is 3. The summed E-state index contributed by atoms with van der Waals surface area (Å²) in [4.78, 5) is 10.6. The van der Waals surface area contributed by atoms with Crippen molar-refractivity contribution in [2.45, 2.75) is 13.1 Å². The van der Waals surface area contributed by atoms with Crippen LogP contribution < -0.4 is 5.32 Å². The van der Waals surface area contributed by atoms with E-state index in [4.69, 9.17) is 0 Å². The van der Waals surface area contributed by atoms with Crippen molar-refractivity contribution < 1.29 is 22.4 Å². The smallest absolute Gasteiger partial charge is 0.353 e. The van der Waals surface area contributed by atoms with E-state index >= 15 is 0 Å². The summed E-state index contributed by atoms with van der Waals surface area (Å²) >= 11 is 0. The molecule has 0 spiro atoms. The third-order valence-electron chi connectivity index (χ3n) is 2.09. The van der Waals surface area contributed by atoms with Crippen LogP contribution in [0, 0.1) is 5.82 Å². The SMILES string of the molecule is CC(=O)NCC=Cc1cc(F)ccc1C(F)(F)F. The van der Waals surface area contributed by atoms with Crippen LogP contribution >= 0.6 is 0 Å². The Kier molecular flexibility index (Phi) is 4.47. The molecule has 0 radical (unpaired) electrons. The van der Waals surface area contributed by atoms with Gasteiger partial charge in [-0.15, -0.1) is 0 Å². The lowest BCUT2D eigenvalue weighted by atomic mass is 10.1. The average Bonchev–Trinajstić information content (AvgIpc) is 2.22. The zero-order valence-electron chi connectivity index (χ0n) is 9.51. The molecule has 0 aliphatic heterocycles. The third-order valence-corrected chi connectivity index (χ3v) is 2.09. The molecule has 1 aromatic rings. The molecule has 0 aliphatic rings. The maximum Gasteiger partial charge on any atom is 0.416 e. The lowest BCUT2D eigenvalue weighted by Crippen LogP contribution is -2.19. The normalized spacial score (nSPS) is 11.8. The molecule has 0 unspecified atom stereocenters. The van der Waals surface area contributed by atoms with E-state index < -0.39 is 17.6 Å². The maximum absolute atomic E-state index is 12.9. The first-order valence-electron chi connectivity index (χ1n) is 5.08. The molecule has 18 heavy (non-hydrogen) atoms. The van der Waals surface area contributed by atoms with Crippen molar-refractivity contribution in [1.82, 2.24) is 5.32 Å². The summed E-state index contributed by atoms with van der Waals surface area (Å²) in [5, 5.41) is 2.39. The Balaban J connectivity index is 2.93. The summed E-state index contributed by atoms with van der Waals surface area (Å²) in [5.74, 6) is -1.04. The van der Waals surface area contributed by atoms with Gasteiger partial charge < -0.3 is 5.32 Å². The van der Waals surface area contributed by atoms with E-state index in [9.17, 15) is 22.4 Å². The number of hydrogen-bond acceptors (Lipinski definition) is 1. The van der Waals surface area contributed by atoms with Gasteiger partial charge in [-0.25, -0.2) is 4.39 Å². The van der Waals surface area contributed by atoms with Crippen LogP contribution in [0.15, 0.2) is 24.3 Å². The number of carbonyl (C=O) groups excluding carboxylic acids is 1. The topological polar surface area (TPSA) is 29.1 Å². The molecular formula is C12H11F4NO. The number of carbonyl (C=O) groups is 1. The Morgan fingerprint density at radius 1 is 1.39 bits per heavy atom. The zero-order valence-corrected chi connectivity index (χ0v) is 9.51. The molecule has 1 aromatic carbocycles. The minimum atomic E-state index is -4.54. The van der Waals surface area contributed by atoms with Gasteiger partial charge in [0.25, 0.3) is 0 Å². The lowest BCUT2D eigenvalue weighted by molar-refractivity contribution is -0.137. The van der Waals surface area contributed by atoms with Crippen LogP contribution in [0.1, 0.15) is 18.1 Å². The zero-order chi connectivity index (χ0) is 13.8. The Bertz CT molecular complexity index is 466. The summed E-state index contributed by atoms with van der Waals surface area (Å²) in [6.07, 6.45) is -2.09. The number of amides is 1. The van der Waals surface area contributed by atoms with Crippen molar-refractivity contribution in [1.29, 1.82) is 0 Å². The highest BCUT2D eigenvalue weighted by Gasteiger charge is 2.32. The van der Waals surface area contributed by atoms with E-state index in [2.05, 4.69) is 5.32 Å². The quantitative estimate of drug-likeness (QED) is 0.833. The first-order chi connectivity index (χ1) is 8.30. The van der Waals surface area contributed by atoms with E-state index in [1.165, 1.54) is 13.0 Å². The fourth-order valence-electron chi connectivity index (χ4n) is 1.32. The highest BCUT2D eigenvalue weighted by molar-refractivity contribution is 5.73. The second-order valence-corrected chi connectivity index (χ2v) is 3.57. The lowest BCUT2D eigenvalue weighted by Gasteiger charge is -2.10. The van der Waals surface area contributed by atoms with E-state index in [-0.39, 0.29) is 18.0 Å². The van der Waals surface area contributed by atoms with Crippen molar-refractivity contribution in [2.75, 3.05) is 6.54 Å². The van der Waals surface area contributed by atoms with Gasteiger partial charge >= 0.3 is 6.18 Å². The highest BCUT2D eigenvalue weighted by Crippen LogP contribution is 2.32. The number of nitrogens with one attached hydrogen (secondary N) is 1. The molecule has 0 saturated carbocycles. The van der Waals surface area contributed by atoms with E-state index in [0.29, 0.717) is 6.07 Å². The predicted molar refractivity (Wildman–Crippen MR) is 59.1 cm³/mol. The van der Waals surface area contributed by atoms with Crippen molar-refractivity contribution >= 4 is 12.0 Å². The molecule has 0 heterocycles. The molecule has 1 amide bonds. The van der Waals surface area contributed by atoms with Crippen molar-refractivity contribution in [2.24, 2.45) is 0 Å². The van der Waals surface area contributed by atoms with Crippen molar-refractivity contribution in [3.63, 3.8) is 0 Å². The van der Waals surface area contributed by atoms with Crippen LogP contribution in [-0.2, 0) is 11.0 Å². The molecular weight excluding hydrogens is 250 g/mol. The Hall–Kier alpha value is -1.85. The summed E-state index contributed by atoms with van der Waals surface area (Å²) in [5.41, 5.74) is -1.18.